The second kappa shape index (κ2) is 3.14. The highest BCUT2D eigenvalue weighted by atomic mass is 79.9. The molecule has 1 aliphatic carbocycles. The summed E-state index contributed by atoms with van der Waals surface area (Å²) in [5.74, 6) is 0.995. The molecule has 2 nitrogen and oxygen atoms in total. The highest BCUT2D eigenvalue weighted by molar-refractivity contribution is 9.10. The maximum Gasteiger partial charge on any atom is 0.169 e. The first-order valence-corrected chi connectivity index (χ1v) is 5.35. The van der Waals surface area contributed by atoms with Crippen LogP contribution in [0, 0.1) is 5.41 Å². The lowest BCUT2D eigenvalue weighted by atomic mass is 10.2. The van der Waals surface area contributed by atoms with Gasteiger partial charge in [0, 0.05) is 6.04 Å². The van der Waals surface area contributed by atoms with E-state index in [2.05, 4.69) is 35.1 Å². The summed E-state index contributed by atoms with van der Waals surface area (Å²) < 4.78 is 6.19. The van der Waals surface area contributed by atoms with Crippen LogP contribution < -0.4 is 5.32 Å². The summed E-state index contributed by atoms with van der Waals surface area (Å²) in [6, 6.07) is 4.58. The third-order valence-electron chi connectivity index (χ3n) is 2.66. The minimum atomic E-state index is 0.490. The van der Waals surface area contributed by atoms with Crippen molar-refractivity contribution < 1.29 is 4.42 Å². The maximum absolute atomic E-state index is 5.38. The normalized spacial score (nSPS) is 24.7. The molecule has 0 aliphatic heterocycles. The van der Waals surface area contributed by atoms with Crippen molar-refractivity contribution in [2.75, 3.05) is 0 Å². The summed E-state index contributed by atoms with van der Waals surface area (Å²) in [5, 5.41) is 3.46. The van der Waals surface area contributed by atoms with E-state index in [0.29, 0.717) is 11.5 Å². The van der Waals surface area contributed by atoms with E-state index in [9.17, 15) is 0 Å². The van der Waals surface area contributed by atoms with Crippen LogP contribution in [0.15, 0.2) is 21.2 Å². The second-order valence-corrected chi connectivity index (χ2v) is 5.11. The third-order valence-corrected chi connectivity index (χ3v) is 3.09. The fraction of sp³-hybridized carbons (Fsp3) is 0.600. The molecule has 1 fully saturated rings. The van der Waals surface area contributed by atoms with Gasteiger partial charge in [-0.05, 0) is 39.9 Å². The summed E-state index contributed by atoms with van der Waals surface area (Å²) in [6.45, 7) is 5.39. The molecule has 0 amide bonds. The van der Waals surface area contributed by atoms with Crippen LogP contribution in [0.25, 0.3) is 0 Å². The van der Waals surface area contributed by atoms with Crippen LogP contribution in [0.4, 0.5) is 0 Å². The lowest BCUT2D eigenvalue weighted by molar-refractivity contribution is 0.450. The average Bonchev–Trinajstić information content (AvgIpc) is 2.45. The van der Waals surface area contributed by atoms with Crippen molar-refractivity contribution in [3.05, 3.63) is 22.6 Å². The number of rotatable bonds is 3. The molecule has 0 saturated heterocycles. The molecule has 0 radical (unpaired) electrons. The van der Waals surface area contributed by atoms with Crippen molar-refractivity contribution >= 4 is 15.9 Å². The van der Waals surface area contributed by atoms with E-state index in [-0.39, 0.29) is 0 Å². The maximum atomic E-state index is 5.38. The molecule has 1 aliphatic rings. The standard InChI is InChI=1S/C10H14BrNO/c1-10(2)5-8(10)12-6-7-3-4-9(11)13-7/h3-4,8,12H,5-6H2,1-2H3. The van der Waals surface area contributed by atoms with Gasteiger partial charge in [-0.2, -0.15) is 0 Å². The Hall–Kier alpha value is -0.280. The van der Waals surface area contributed by atoms with E-state index in [1.54, 1.807) is 0 Å². The zero-order valence-corrected chi connectivity index (χ0v) is 9.52. The van der Waals surface area contributed by atoms with E-state index in [1.165, 1.54) is 6.42 Å². The van der Waals surface area contributed by atoms with Gasteiger partial charge < -0.3 is 9.73 Å². The van der Waals surface area contributed by atoms with Crippen LogP contribution in [0.1, 0.15) is 26.0 Å². The molecule has 1 aromatic rings. The van der Waals surface area contributed by atoms with Crippen molar-refractivity contribution in [2.24, 2.45) is 5.41 Å². The number of halogens is 1. The van der Waals surface area contributed by atoms with Crippen molar-refractivity contribution in [3.8, 4) is 0 Å². The Labute approximate surface area is 86.8 Å². The van der Waals surface area contributed by atoms with Gasteiger partial charge in [0.05, 0.1) is 6.54 Å². The Morgan fingerprint density at radius 2 is 2.31 bits per heavy atom. The predicted octanol–water partition coefficient (Wildman–Crippen LogP) is 2.93. The smallest absolute Gasteiger partial charge is 0.169 e. The summed E-state index contributed by atoms with van der Waals surface area (Å²) in [4.78, 5) is 0. The highest BCUT2D eigenvalue weighted by Gasteiger charge is 2.45. The molecule has 1 saturated carbocycles. The monoisotopic (exact) mass is 243 g/mol. The van der Waals surface area contributed by atoms with Crippen LogP contribution in [-0.2, 0) is 6.54 Å². The van der Waals surface area contributed by atoms with Crippen LogP contribution >= 0.6 is 15.9 Å². The fourth-order valence-corrected chi connectivity index (χ4v) is 1.83. The van der Waals surface area contributed by atoms with Gasteiger partial charge in [-0.3, -0.25) is 0 Å². The Morgan fingerprint density at radius 1 is 1.62 bits per heavy atom. The van der Waals surface area contributed by atoms with Gasteiger partial charge in [0.15, 0.2) is 4.67 Å². The third kappa shape index (κ3) is 2.15. The van der Waals surface area contributed by atoms with Gasteiger partial charge in [0.25, 0.3) is 0 Å². The molecule has 1 aromatic heterocycles. The Kier molecular flexibility index (Phi) is 2.24. The minimum Gasteiger partial charge on any atom is -0.453 e. The zero-order chi connectivity index (χ0) is 9.47. The van der Waals surface area contributed by atoms with Crippen LogP contribution in [0.5, 0.6) is 0 Å². The number of hydrogen-bond donors (Lipinski definition) is 1. The SMILES string of the molecule is CC1(C)CC1NCc1ccc(Br)o1. The van der Waals surface area contributed by atoms with Crippen LogP contribution in [0.2, 0.25) is 0 Å². The van der Waals surface area contributed by atoms with Crippen molar-refractivity contribution in [1.82, 2.24) is 5.32 Å². The Morgan fingerprint density at radius 3 is 2.77 bits per heavy atom. The quantitative estimate of drug-likeness (QED) is 0.884. The minimum absolute atomic E-state index is 0.490. The first-order valence-electron chi connectivity index (χ1n) is 4.55. The van der Waals surface area contributed by atoms with Crippen molar-refractivity contribution in [3.63, 3.8) is 0 Å². The molecular weight excluding hydrogens is 230 g/mol. The molecule has 13 heavy (non-hydrogen) atoms. The molecule has 1 heterocycles. The lowest BCUT2D eigenvalue weighted by Crippen LogP contribution is -2.19. The summed E-state index contributed by atoms with van der Waals surface area (Å²) in [7, 11) is 0. The topological polar surface area (TPSA) is 25.2 Å². The van der Waals surface area contributed by atoms with Crippen LogP contribution in [-0.4, -0.2) is 6.04 Å². The van der Waals surface area contributed by atoms with Gasteiger partial charge >= 0.3 is 0 Å². The summed E-state index contributed by atoms with van der Waals surface area (Å²) in [5.41, 5.74) is 0.490. The van der Waals surface area contributed by atoms with Gasteiger partial charge in [-0.25, -0.2) is 0 Å². The van der Waals surface area contributed by atoms with E-state index in [1.807, 2.05) is 12.1 Å². The largest absolute Gasteiger partial charge is 0.453 e. The lowest BCUT2D eigenvalue weighted by Gasteiger charge is -2.03. The van der Waals surface area contributed by atoms with E-state index < -0.39 is 0 Å². The van der Waals surface area contributed by atoms with E-state index in [0.717, 1.165) is 17.0 Å². The first kappa shape index (κ1) is 9.28. The summed E-state index contributed by atoms with van der Waals surface area (Å²) in [6.07, 6.45) is 1.27. The molecule has 1 N–H and O–H groups in total. The van der Waals surface area contributed by atoms with Crippen LogP contribution in [0.3, 0.4) is 0 Å². The molecule has 3 heteroatoms. The van der Waals surface area contributed by atoms with Gasteiger partial charge in [0.2, 0.25) is 0 Å². The molecule has 2 rings (SSSR count). The first-order chi connectivity index (χ1) is 6.08. The number of hydrogen-bond acceptors (Lipinski definition) is 2. The molecule has 0 aromatic carbocycles. The van der Waals surface area contributed by atoms with E-state index in [4.69, 9.17) is 4.42 Å². The predicted molar refractivity (Wildman–Crippen MR) is 55.4 cm³/mol. The molecule has 72 valence electrons. The molecule has 1 atom stereocenters. The molecule has 0 bridgehead atoms. The second-order valence-electron chi connectivity index (χ2n) is 4.33. The average molecular weight is 244 g/mol. The Bertz CT molecular complexity index is 306. The Balaban J connectivity index is 1.81. The fourth-order valence-electron chi connectivity index (χ4n) is 1.49. The zero-order valence-electron chi connectivity index (χ0n) is 7.93. The molecular formula is C10H14BrNO. The molecule has 0 spiro atoms. The van der Waals surface area contributed by atoms with Gasteiger partial charge in [-0.15, -0.1) is 0 Å². The molecule has 1 unspecified atom stereocenters. The van der Waals surface area contributed by atoms with Crippen molar-refractivity contribution in [1.29, 1.82) is 0 Å². The van der Waals surface area contributed by atoms with Gasteiger partial charge in [-0.1, -0.05) is 13.8 Å². The van der Waals surface area contributed by atoms with Gasteiger partial charge in [0.1, 0.15) is 5.76 Å². The van der Waals surface area contributed by atoms with E-state index >= 15 is 0 Å². The number of furan rings is 1. The summed E-state index contributed by atoms with van der Waals surface area (Å²) >= 11 is 3.28. The highest BCUT2D eigenvalue weighted by Crippen LogP contribution is 2.44. The number of nitrogens with one attached hydrogen (secondary N) is 1. The van der Waals surface area contributed by atoms with Crippen molar-refractivity contribution in [2.45, 2.75) is 32.9 Å².